The molecule has 4 aromatic rings. The molecule has 12 heteroatoms. The molecule has 0 aliphatic rings. The van der Waals surface area contributed by atoms with Crippen LogP contribution in [0.5, 0.6) is 0 Å². The van der Waals surface area contributed by atoms with Crippen molar-refractivity contribution in [3.05, 3.63) is 71.8 Å². The maximum absolute atomic E-state index is 12.3. The maximum atomic E-state index is 12.3. The number of rotatable bonds is 11. The van der Waals surface area contributed by atoms with Gasteiger partial charge in [0, 0.05) is 27.2 Å². The summed E-state index contributed by atoms with van der Waals surface area (Å²) in [5.41, 5.74) is 1.88. The van der Waals surface area contributed by atoms with Gasteiger partial charge in [-0.25, -0.2) is 0 Å². The van der Waals surface area contributed by atoms with E-state index in [0.717, 1.165) is 11.1 Å². The Balaban J connectivity index is 1.23. The predicted octanol–water partition coefficient (Wildman–Crippen LogP) is 3.32. The highest BCUT2D eigenvalue weighted by Gasteiger charge is 2.15. The average molecular weight is 523 g/mol. The molecule has 0 spiro atoms. The molecule has 0 atom stereocenters. The van der Waals surface area contributed by atoms with Crippen molar-refractivity contribution >= 4 is 55.0 Å². The van der Waals surface area contributed by atoms with Gasteiger partial charge in [-0.1, -0.05) is 83.3 Å². The van der Waals surface area contributed by atoms with Crippen LogP contribution in [0.2, 0.25) is 0 Å². The lowest BCUT2D eigenvalue weighted by molar-refractivity contribution is -0.116. The summed E-state index contributed by atoms with van der Waals surface area (Å²) in [4.78, 5) is 28.5. The molecule has 10 nitrogen and oxygen atoms in total. The van der Waals surface area contributed by atoms with E-state index in [1.807, 2.05) is 84.6 Å². The van der Waals surface area contributed by atoms with E-state index >= 15 is 0 Å². The summed E-state index contributed by atoms with van der Waals surface area (Å²) >= 11 is 2.64. The lowest BCUT2D eigenvalue weighted by Crippen LogP contribution is -2.30. The molecule has 0 saturated carbocycles. The Kier molecular flexibility index (Phi) is 8.53. The van der Waals surface area contributed by atoms with E-state index in [-0.39, 0.29) is 24.7 Å². The second-order valence-corrected chi connectivity index (χ2v) is 9.96. The molecule has 0 saturated heterocycles. The molecule has 0 fully saturated rings. The zero-order valence-electron chi connectivity index (χ0n) is 19.9. The van der Waals surface area contributed by atoms with Gasteiger partial charge >= 0.3 is 0 Å². The second kappa shape index (κ2) is 12.2. The molecule has 0 bridgehead atoms. The van der Waals surface area contributed by atoms with Crippen LogP contribution in [0.25, 0.3) is 0 Å². The molecule has 36 heavy (non-hydrogen) atoms. The lowest BCUT2D eigenvalue weighted by atomic mass is 10.1. The summed E-state index contributed by atoms with van der Waals surface area (Å²) in [7, 11) is 3.83. The van der Waals surface area contributed by atoms with Crippen LogP contribution in [0.15, 0.2) is 60.7 Å². The van der Waals surface area contributed by atoms with Gasteiger partial charge in [0.15, 0.2) is 0 Å². The van der Waals surface area contributed by atoms with Gasteiger partial charge in [0.1, 0.15) is 0 Å². The predicted molar refractivity (Wildman–Crippen MR) is 144 cm³/mol. The normalized spacial score (nSPS) is 10.6. The topological polar surface area (TPSA) is 116 Å². The van der Waals surface area contributed by atoms with E-state index < -0.39 is 0 Å². The quantitative estimate of drug-likeness (QED) is 0.308. The average Bonchev–Trinajstić information content (AvgIpc) is 3.53. The molecule has 2 amide bonds. The summed E-state index contributed by atoms with van der Waals surface area (Å²) in [6, 6.07) is 19.1. The molecule has 0 aliphatic carbocycles. The number of aromatic nitrogens is 4. The third-order valence-electron chi connectivity index (χ3n) is 5.16. The zero-order chi connectivity index (χ0) is 25.3. The van der Waals surface area contributed by atoms with E-state index in [4.69, 9.17) is 0 Å². The van der Waals surface area contributed by atoms with Crippen molar-refractivity contribution < 1.29 is 9.59 Å². The number of amides is 2. The fourth-order valence-electron chi connectivity index (χ4n) is 3.22. The first-order valence-electron chi connectivity index (χ1n) is 11.2. The molecule has 0 aliphatic heterocycles. The third-order valence-corrected chi connectivity index (χ3v) is 7.07. The number of anilines is 4. The highest BCUT2D eigenvalue weighted by atomic mass is 32.1. The Hall–Kier alpha value is -3.90. The molecule has 2 N–H and O–H groups in total. The van der Waals surface area contributed by atoms with Gasteiger partial charge in [-0.05, 0) is 11.1 Å². The van der Waals surface area contributed by atoms with Gasteiger partial charge in [0.2, 0.25) is 32.3 Å². The van der Waals surface area contributed by atoms with E-state index in [1.165, 1.54) is 22.7 Å². The lowest BCUT2D eigenvalue weighted by Gasteiger charge is -2.20. The molecule has 4 rings (SSSR count). The standard InChI is InChI=1S/C24H26N8O2S2/c1-31(23-29-27-21(35-23)25-19(33)15-17-9-5-3-6-10-17)13-14-32(2)24-30-28-22(36-24)26-20(34)16-18-11-7-4-8-12-18/h3-12H,13-16H2,1-2H3,(H,25,27,33)(H,26,28,34). The van der Waals surface area contributed by atoms with Crippen molar-refractivity contribution in [1.29, 1.82) is 0 Å². The largest absolute Gasteiger partial charge is 0.348 e. The molecule has 2 aromatic heterocycles. The van der Waals surface area contributed by atoms with Crippen LogP contribution in [-0.2, 0) is 22.4 Å². The number of nitrogens with one attached hydrogen (secondary N) is 2. The number of carbonyl (C=O) groups excluding carboxylic acids is 2. The van der Waals surface area contributed by atoms with E-state index in [0.29, 0.717) is 33.6 Å². The van der Waals surface area contributed by atoms with Crippen LogP contribution < -0.4 is 20.4 Å². The van der Waals surface area contributed by atoms with E-state index in [1.54, 1.807) is 0 Å². The second-order valence-electron chi connectivity index (χ2n) is 8.04. The highest BCUT2D eigenvalue weighted by molar-refractivity contribution is 7.19. The molecule has 0 unspecified atom stereocenters. The number of hydrogen-bond acceptors (Lipinski definition) is 10. The van der Waals surface area contributed by atoms with Crippen LogP contribution in [0.3, 0.4) is 0 Å². The van der Waals surface area contributed by atoms with Crippen LogP contribution in [0.4, 0.5) is 20.5 Å². The minimum Gasteiger partial charge on any atom is -0.348 e. The number of carbonyl (C=O) groups is 2. The smallest absolute Gasteiger partial charge is 0.230 e. The third kappa shape index (κ3) is 7.30. The molecular weight excluding hydrogens is 496 g/mol. The summed E-state index contributed by atoms with van der Waals surface area (Å²) in [6.45, 7) is 1.30. The number of nitrogens with zero attached hydrogens (tertiary/aromatic N) is 6. The molecule has 186 valence electrons. The number of hydrogen-bond donors (Lipinski definition) is 2. The SMILES string of the molecule is CN(CCN(C)c1nnc(NC(=O)Cc2ccccc2)s1)c1nnc(NC(=O)Cc2ccccc2)s1. The monoisotopic (exact) mass is 522 g/mol. The molecule has 2 aromatic carbocycles. The van der Waals surface area contributed by atoms with Crippen LogP contribution in [-0.4, -0.2) is 59.4 Å². The van der Waals surface area contributed by atoms with Gasteiger partial charge in [-0.15, -0.1) is 20.4 Å². The Labute approximate surface area is 217 Å². The van der Waals surface area contributed by atoms with Gasteiger partial charge in [0.25, 0.3) is 0 Å². The zero-order valence-corrected chi connectivity index (χ0v) is 21.6. The highest BCUT2D eigenvalue weighted by Crippen LogP contribution is 2.25. The minimum atomic E-state index is -0.130. The Morgan fingerprint density at radius 2 is 1.06 bits per heavy atom. The van der Waals surface area contributed by atoms with Gasteiger partial charge in [-0.3, -0.25) is 9.59 Å². The first-order valence-corrected chi connectivity index (χ1v) is 12.9. The Morgan fingerprint density at radius 3 is 1.44 bits per heavy atom. The van der Waals surface area contributed by atoms with Crippen molar-refractivity contribution in [3.8, 4) is 0 Å². The first-order chi connectivity index (χ1) is 17.5. The van der Waals surface area contributed by atoms with Crippen molar-refractivity contribution in [3.63, 3.8) is 0 Å². The fourth-order valence-corrected chi connectivity index (χ4v) is 4.72. The van der Waals surface area contributed by atoms with Crippen LogP contribution >= 0.6 is 22.7 Å². The summed E-state index contributed by atoms with van der Waals surface area (Å²) in [5.74, 6) is -0.261. The number of likely N-dealkylation sites (N-methyl/N-ethyl adjacent to an activating group) is 2. The molecule has 0 radical (unpaired) electrons. The van der Waals surface area contributed by atoms with Gasteiger partial charge in [-0.2, -0.15) is 0 Å². The van der Waals surface area contributed by atoms with E-state index in [2.05, 4.69) is 31.0 Å². The van der Waals surface area contributed by atoms with Crippen molar-refractivity contribution in [2.45, 2.75) is 12.8 Å². The Morgan fingerprint density at radius 1 is 0.667 bits per heavy atom. The van der Waals surface area contributed by atoms with Gasteiger partial charge < -0.3 is 20.4 Å². The number of benzene rings is 2. The summed E-state index contributed by atoms with van der Waals surface area (Å²) in [5, 5.41) is 24.5. The first kappa shape index (κ1) is 25.2. The van der Waals surface area contributed by atoms with Gasteiger partial charge in [0.05, 0.1) is 12.8 Å². The van der Waals surface area contributed by atoms with E-state index in [9.17, 15) is 9.59 Å². The fraction of sp³-hybridized carbons (Fsp3) is 0.250. The molecular formula is C24H26N8O2S2. The molecule has 2 heterocycles. The Bertz CT molecular complexity index is 1180. The van der Waals surface area contributed by atoms with Crippen LogP contribution in [0, 0.1) is 0 Å². The summed E-state index contributed by atoms with van der Waals surface area (Å²) in [6.07, 6.45) is 0.569. The van der Waals surface area contributed by atoms with Crippen molar-refractivity contribution in [2.24, 2.45) is 0 Å². The van der Waals surface area contributed by atoms with Crippen LogP contribution in [0.1, 0.15) is 11.1 Å². The van der Waals surface area contributed by atoms with Crippen molar-refractivity contribution in [1.82, 2.24) is 20.4 Å². The summed E-state index contributed by atoms with van der Waals surface area (Å²) < 4.78 is 0. The minimum absolute atomic E-state index is 0.130. The maximum Gasteiger partial charge on any atom is 0.230 e. The van der Waals surface area contributed by atoms with Crippen molar-refractivity contribution in [2.75, 3.05) is 47.6 Å².